The first-order valence-electron chi connectivity index (χ1n) is 6.23. The van der Waals surface area contributed by atoms with E-state index < -0.39 is 5.97 Å². The van der Waals surface area contributed by atoms with Gasteiger partial charge in [-0.1, -0.05) is 12.1 Å². The van der Waals surface area contributed by atoms with Gasteiger partial charge in [-0.15, -0.1) is 0 Å². The highest BCUT2D eigenvalue weighted by molar-refractivity contribution is 5.93. The van der Waals surface area contributed by atoms with Crippen LogP contribution in [0.5, 0.6) is 0 Å². The lowest BCUT2D eigenvalue weighted by Gasteiger charge is -2.05. The molecule has 3 rings (SSSR count). The van der Waals surface area contributed by atoms with Crippen LogP contribution >= 0.6 is 0 Å². The summed E-state index contributed by atoms with van der Waals surface area (Å²) in [6, 6.07) is 10.3. The summed E-state index contributed by atoms with van der Waals surface area (Å²) in [7, 11) is 1.33. The second-order valence-electron chi connectivity index (χ2n) is 4.37. The Bertz CT molecular complexity index is 869. The van der Waals surface area contributed by atoms with Crippen molar-refractivity contribution in [3.05, 3.63) is 58.5 Å². The second-order valence-corrected chi connectivity index (χ2v) is 4.37. The number of pyridine rings is 1. The summed E-state index contributed by atoms with van der Waals surface area (Å²) in [6.07, 6.45) is 1.56. The molecule has 0 spiro atoms. The summed E-state index contributed by atoms with van der Waals surface area (Å²) in [5, 5.41) is 7.17. The first kappa shape index (κ1) is 13.0. The van der Waals surface area contributed by atoms with Crippen LogP contribution in [0.1, 0.15) is 10.4 Å². The molecule has 2 aromatic heterocycles. The van der Waals surface area contributed by atoms with E-state index in [-0.39, 0.29) is 5.56 Å². The Morgan fingerprint density at radius 2 is 1.95 bits per heavy atom. The van der Waals surface area contributed by atoms with Gasteiger partial charge in [-0.25, -0.2) is 9.89 Å². The molecule has 0 unspecified atom stereocenters. The predicted octanol–water partition coefficient (Wildman–Crippen LogP) is 1.77. The van der Waals surface area contributed by atoms with Gasteiger partial charge >= 0.3 is 5.97 Å². The Hall–Kier alpha value is -3.02. The molecule has 0 atom stereocenters. The van der Waals surface area contributed by atoms with Crippen LogP contribution in [0.4, 0.5) is 0 Å². The predicted molar refractivity (Wildman–Crippen MR) is 76.9 cm³/mol. The lowest BCUT2D eigenvalue weighted by atomic mass is 10.1. The number of hydrogen-bond acceptors (Lipinski definition) is 5. The molecule has 0 saturated heterocycles. The number of aromatic amines is 1. The number of nitrogens with one attached hydrogen (secondary N) is 1. The average molecular weight is 281 g/mol. The second kappa shape index (κ2) is 5.16. The van der Waals surface area contributed by atoms with Gasteiger partial charge in [0.15, 0.2) is 0 Å². The van der Waals surface area contributed by atoms with Gasteiger partial charge in [0.05, 0.1) is 12.7 Å². The van der Waals surface area contributed by atoms with E-state index in [1.54, 1.807) is 42.6 Å². The third-order valence-corrected chi connectivity index (χ3v) is 3.13. The van der Waals surface area contributed by atoms with Crippen LogP contribution in [0.15, 0.2) is 47.4 Å². The average Bonchev–Trinajstić information content (AvgIpc) is 2.55. The van der Waals surface area contributed by atoms with Crippen LogP contribution in [0.25, 0.3) is 22.2 Å². The number of methoxy groups -OCH3 is 1. The highest BCUT2D eigenvalue weighted by Gasteiger charge is 2.10. The topological polar surface area (TPSA) is 84.9 Å². The van der Waals surface area contributed by atoms with E-state index >= 15 is 0 Å². The van der Waals surface area contributed by atoms with E-state index in [4.69, 9.17) is 0 Å². The zero-order chi connectivity index (χ0) is 14.8. The number of H-pyrrole nitrogens is 1. The van der Waals surface area contributed by atoms with Crippen molar-refractivity contribution in [1.82, 2.24) is 15.2 Å². The van der Waals surface area contributed by atoms with E-state index in [1.165, 1.54) is 7.11 Å². The standard InChI is InChI=1S/C15H11N3O3/c1-21-15(20)10-6-4-9(5-7-10)12-11-3-2-8-16-13(11)14(19)18-17-12/h2-8H,1H3,(H,18,19). The Morgan fingerprint density at radius 1 is 1.19 bits per heavy atom. The number of ether oxygens (including phenoxy) is 1. The molecule has 2 heterocycles. The number of aromatic nitrogens is 3. The number of fused-ring (bicyclic) bond motifs is 1. The molecule has 1 N–H and O–H groups in total. The molecule has 0 fully saturated rings. The lowest BCUT2D eigenvalue weighted by Crippen LogP contribution is -2.10. The zero-order valence-electron chi connectivity index (χ0n) is 11.2. The molecule has 6 heteroatoms. The maximum atomic E-state index is 11.7. The monoisotopic (exact) mass is 281 g/mol. The Labute approximate surface area is 119 Å². The molecule has 6 nitrogen and oxygen atoms in total. The van der Waals surface area contributed by atoms with Gasteiger partial charge in [0, 0.05) is 17.1 Å². The zero-order valence-corrected chi connectivity index (χ0v) is 11.2. The largest absolute Gasteiger partial charge is 0.465 e. The van der Waals surface area contributed by atoms with Crippen LogP contribution in [-0.2, 0) is 4.74 Å². The number of carbonyl (C=O) groups is 1. The van der Waals surface area contributed by atoms with Gasteiger partial charge in [0.2, 0.25) is 0 Å². The van der Waals surface area contributed by atoms with Crippen molar-refractivity contribution in [2.24, 2.45) is 0 Å². The fourth-order valence-electron chi connectivity index (χ4n) is 2.10. The molecule has 0 aliphatic rings. The number of benzene rings is 1. The fourth-order valence-corrected chi connectivity index (χ4v) is 2.10. The Kier molecular flexibility index (Phi) is 3.19. The van der Waals surface area contributed by atoms with E-state index in [2.05, 4.69) is 19.9 Å². The van der Waals surface area contributed by atoms with Crippen molar-refractivity contribution in [3.8, 4) is 11.3 Å². The summed E-state index contributed by atoms with van der Waals surface area (Å²) >= 11 is 0. The SMILES string of the molecule is COC(=O)c1ccc(-c2n[nH]c(=O)c3ncccc23)cc1. The summed E-state index contributed by atoms with van der Waals surface area (Å²) in [6.45, 7) is 0. The van der Waals surface area contributed by atoms with Gasteiger partial charge in [0.25, 0.3) is 5.56 Å². The third-order valence-electron chi connectivity index (χ3n) is 3.13. The molecule has 3 aromatic rings. The van der Waals surface area contributed by atoms with Crippen molar-refractivity contribution in [2.75, 3.05) is 7.11 Å². The molecule has 0 aliphatic heterocycles. The molecular formula is C15H11N3O3. The molecule has 104 valence electrons. The van der Waals surface area contributed by atoms with Crippen LogP contribution in [0.3, 0.4) is 0 Å². The molecule has 0 radical (unpaired) electrons. The van der Waals surface area contributed by atoms with Gasteiger partial charge < -0.3 is 4.74 Å². The highest BCUT2D eigenvalue weighted by atomic mass is 16.5. The first-order chi connectivity index (χ1) is 10.2. The third kappa shape index (κ3) is 2.27. The molecule has 0 saturated carbocycles. The minimum atomic E-state index is -0.400. The summed E-state index contributed by atoms with van der Waals surface area (Å²) < 4.78 is 4.66. The van der Waals surface area contributed by atoms with Crippen molar-refractivity contribution in [2.45, 2.75) is 0 Å². The van der Waals surface area contributed by atoms with Gasteiger partial charge in [-0.05, 0) is 24.3 Å². The van der Waals surface area contributed by atoms with Gasteiger partial charge in [-0.3, -0.25) is 9.78 Å². The van der Waals surface area contributed by atoms with Gasteiger partial charge in [0.1, 0.15) is 11.2 Å². The van der Waals surface area contributed by atoms with Crippen LogP contribution < -0.4 is 5.56 Å². The summed E-state index contributed by atoms with van der Waals surface area (Å²) in [5.74, 6) is -0.400. The van der Waals surface area contributed by atoms with E-state index in [1.807, 2.05) is 0 Å². The minimum Gasteiger partial charge on any atom is -0.465 e. The molecular weight excluding hydrogens is 270 g/mol. The van der Waals surface area contributed by atoms with Crippen LogP contribution in [0, 0.1) is 0 Å². The Balaban J connectivity index is 2.15. The van der Waals surface area contributed by atoms with Crippen molar-refractivity contribution in [3.63, 3.8) is 0 Å². The maximum absolute atomic E-state index is 11.7. The van der Waals surface area contributed by atoms with E-state index in [0.29, 0.717) is 22.2 Å². The highest BCUT2D eigenvalue weighted by Crippen LogP contribution is 2.23. The lowest BCUT2D eigenvalue weighted by molar-refractivity contribution is 0.0601. The van der Waals surface area contributed by atoms with Crippen molar-refractivity contribution < 1.29 is 9.53 Å². The Morgan fingerprint density at radius 3 is 2.67 bits per heavy atom. The quantitative estimate of drug-likeness (QED) is 0.724. The summed E-state index contributed by atoms with van der Waals surface area (Å²) in [4.78, 5) is 27.2. The van der Waals surface area contributed by atoms with E-state index in [0.717, 1.165) is 5.56 Å². The number of nitrogens with zero attached hydrogens (tertiary/aromatic N) is 2. The molecule has 1 aromatic carbocycles. The number of carbonyl (C=O) groups excluding carboxylic acids is 1. The van der Waals surface area contributed by atoms with E-state index in [9.17, 15) is 9.59 Å². The smallest absolute Gasteiger partial charge is 0.337 e. The minimum absolute atomic E-state index is 0.333. The van der Waals surface area contributed by atoms with Crippen molar-refractivity contribution >= 4 is 16.9 Å². The molecule has 0 aliphatic carbocycles. The van der Waals surface area contributed by atoms with Crippen LogP contribution in [0.2, 0.25) is 0 Å². The molecule has 21 heavy (non-hydrogen) atoms. The number of esters is 1. The molecule has 0 amide bonds. The van der Waals surface area contributed by atoms with Gasteiger partial charge in [-0.2, -0.15) is 5.10 Å². The maximum Gasteiger partial charge on any atom is 0.337 e. The van der Waals surface area contributed by atoms with Crippen LogP contribution in [-0.4, -0.2) is 28.3 Å². The molecule has 0 bridgehead atoms. The number of hydrogen-bond donors (Lipinski definition) is 1. The van der Waals surface area contributed by atoms with Crippen molar-refractivity contribution in [1.29, 1.82) is 0 Å². The summed E-state index contributed by atoms with van der Waals surface area (Å²) in [5.41, 5.74) is 1.83. The fraction of sp³-hybridized carbons (Fsp3) is 0.0667. The number of rotatable bonds is 2. The normalized spacial score (nSPS) is 10.5. The first-order valence-corrected chi connectivity index (χ1v) is 6.23.